The summed E-state index contributed by atoms with van der Waals surface area (Å²) in [5, 5.41) is 12.8. The Balaban J connectivity index is 1.56. The molecule has 2 atom stereocenters. The van der Waals surface area contributed by atoms with Crippen LogP contribution in [0.4, 0.5) is 15.8 Å². The van der Waals surface area contributed by atoms with E-state index in [1.54, 1.807) is 12.1 Å². The van der Waals surface area contributed by atoms with Gasteiger partial charge in [0.25, 0.3) is 0 Å². The summed E-state index contributed by atoms with van der Waals surface area (Å²) in [5.74, 6) is 2.46. The van der Waals surface area contributed by atoms with Crippen LogP contribution < -0.4 is 10.0 Å². The van der Waals surface area contributed by atoms with Gasteiger partial charge in [0.15, 0.2) is 0 Å². The zero-order chi connectivity index (χ0) is 23.1. The second kappa shape index (κ2) is 7.98. The lowest BCUT2D eigenvalue weighted by Crippen LogP contribution is -2.35. The quantitative estimate of drug-likeness (QED) is 0.455. The zero-order valence-corrected chi connectivity index (χ0v) is 18.7. The smallest absolute Gasteiger partial charge is 0.335 e. The number of benzene rings is 3. The first-order valence-corrected chi connectivity index (χ1v) is 11.9. The van der Waals surface area contributed by atoms with Crippen molar-refractivity contribution in [3.05, 3.63) is 89.2 Å². The largest absolute Gasteiger partial charge is 0.478 e. The van der Waals surface area contributed by atoms with Crippen molar-refractivity contribution in [1.29, 1.82) is 0 Å². The molecule has 0 aromatic heterocycles. The van der Waals surface area contributed by atoms with E-state index in [0.29, 0.717) is 10.6 Å². The molecule has 0 aliphatic carbocycles. The van der Waals surface area contributed by atoms with Gasteiger partial charge in [-0.3, -0.25) is 0 Å². The van der Waals surface area contributed by atoms with Crippen molar-refractivity contribution in [3.63, 3.8) is 0 Å². The average Bonchev–Trinajstić information content (AvgIpc) is 2.73. The number of halogens is 1. The lowest BCUT2D eigenvalue weighted by atomic mass is 9.73. The summed E-state index contributed by atoms with van der Waals surface area (Å²) in [6.07, 6.45) is 0.735. The van der Waals surface area contributed by atoms with Gasteiger partial charge in [-0.25, -0.2) is 13.4 Å². The molecule has 0 saturated carbocycles. The molecule has 2 unspecified atom stereocenters. The van der Waals surface area contributed by atoms with E-state index < -0.39 is 21.5 Å². The van der Waals surface area contributed by atoms with E-state index in [0.717, 1.165) is 23.2 Å². The van der Waals surface area contributed by atoms with Crippen LogP contribution >= 0.6 is 0 Å². The third kappa shape index (κ3) is 4.34. The van der Waals surface area contributed by atoms with Crippen LogP contribution in [-0.4, -0.2) is 21.2 Å². The van der Waals surface area contributed by atoms with Gasteiger partial charge < -0.3 is 15.1 Å². The number of fused-ring (bicyclic) bond motifs is 1. The van der Waals surface area contributed by atoms with Gasteiger partial charge in [-0.1, -0.05) is 26.0 Å². The molecule has 0 radical (unpaired) electrons. The Bertz CT molecular complexity index is 1270. The summed E-state index contributed by atoms with van der Waals surface area (Å²) in [5.41, 5.74) is 3.75. The fourth-order valence-corrected chi connectivity index (χ4v) is 5.35. The third-order valence-electron chi connectivity index (χ3n) is 5.80. The first-order valence-electron chi connectivity index (χ1n) is 10.2. The number of hydrogen-bond donors (Lipinski definition) is 3. The van der Waals surface area contributed by atoms with Gasteiger partial charge in [0.05, 0.1) is 21.3 Å². The molecule has 1 aliphatic rings. The molecule has 4 rings (SSSR count). The molecule has 166 valence electrons. The second-order valence-electron chi connectivity index (χ2n) is 8.77. The molecule has 3 N–H and O–H groups in total. The van der Waals surface area contributed by atoms with E-state index in [9.17, 15) is 18.5 Å². The number of carboxylic acid groups (broad SMARTS) is 1. The summed E-state index contributed by atoms with van der Waals surface area (Å²) in [6, 6.07) is 18.3. The number of nitrogens with one attached hydrogen (secondary N) is 2. The highest BCUT2D eigenvalue weighted by atomic mass is 32.2. The molecule has 0 bridgehead atoms. The highest BCUT2D eigenvalue weighted by molar-refractivity contribution is 8.01. The van der Waals surface area contributed by atoms with E-state index in [2.05, 4.69) is 29.8 Å². The van der Waals surface area contributed by atoms with Gasteiger partial charge >= 0.3 is 5.97 Å². The summed E-state index contributed by atoms with van der Waals surface area (Å²) >= 11 is 0. The van der Waals surface area contributed by atoms with Crippen LogP contribution in [0.1, 0.15) is 41.4 Å². The van der Waals surface area contributed by atoms with Crippen molar-refractivity contribution >= 4 is 32.9 Å². The highest BCUT2D eigenvalue weighted by Gasteiger charge is 2.36. The van der Waals surface area contributed by atoms with Crippen LogP contribution in [0.25, 0.3) is 0 Å². The van der Waals surface area contributed by atoms with E-state index >= 15 is 0 Å². The van der Waals surface area contributed by atoms with Crippen LogP contribution in [0.15, 0.2) is 71.6 Å². The maximum atomic E-state index is 13.2. The molecule has 1 heterocycles. The fourth-order valence-electron chi connectivity index (χ4n) is 4.14. The second-order valence-corrected chi connectivity index (χ2v) is 10.8. The minimum Gasteiger partial charge on any atom is -0.478 e. The summed E-state index contributed by atoms with van der Waals surface area (Å²) < 4.78 is 29.1. The molecule has 3 aromatic carbocycles. The van der Waals surface area contributed by atoms with Gasteiger partial charge in [-0.2, -0.15) is 0 Å². The number of carbonyl (C=O) groups is 1. The number of rotatable bonds is 5. The molecule has 5 nitrogen and oxygen atoms in total. The minimum absolute atomic E-state index is 0.0148. The standard InChI is InChI=1S/C25H25FN2O3S/c1-25(2)15-18-14-17(24(29)30)6-13-22(18)27-23(25)16-4-9-20(10-5-16)28-32(3,31)21-11-7-19(26)8-12-21/h4-14,23,27H,3,15H2,1-2H3,(H,28,31)(H,29,30). The van der Waals surface area contributed by atoms with Gasteiger partial charge in [0.1, 0.15) is 5.82 Å². The summed E-state index contributed by atoms with van der Waals surface area (Å²) in [7, 11) is -2.82. The summed E-state index contributed by atoms with van der Waals surface area (Å²) in [6.45, 7) is 4.29. The molecule has 0 amide bonds. The molecule has 0 fully saturated rings. The van der Waals surface area contributed by atoms with E-state index in [1.165, 1.54) is 24.3 Å². The highest BCUT2D eigenvalue weighted by Crippen LogP contribution is 2.45. The SMILES string of the molecule is C=S(=O)(Nc1ccc(C2Nc3ccc(C(=O)O)cc3CC2(C)C)cc1)c1ccc(F)cc1. The number of hydrogen-bond acceptors (Lipinski definition) is 3. The Hall–Kier alpha value is -3.32. The van der Waals surface area contributed by atoms with E-state index in [1.807, 2.05) is 30.3 Å². The van der Waals surface area contributed by atoms with Crippen LogP contribution in [0.2, 0.25) is 0 Å². The predicted molar refractivity (Wildman–Crippen MR) is 127 cm³/mol. The minimum atomic E-state index is -2.82. The van der Waals surface area contributed by atoms with E-state index in [-0.39, 0.29) is 17.0 Å². The van der Waals surface area contributed by atoms with Gasteiger partial charge in [0, 0.05) is 16.3 Å². The Kier molecular flexibility index (Phi) is 5.46. The fraction of sp³-hybridized carbons (Fsp3) is 0.200. The molecule has 7 heteroatoms. The molecular weight excluding hydrogens is 427 g/mol. The molecule has 32 heavy (non-hydrogen) atoms. The van der Waals surface area contributed by atoms with Crippen LogP contribution in [-0.2, 0) is 16.1 Å². The van der Waals surface area contributed by atoms with Crippen LogP contribution in [0.5, 0.6) is 0 Å². The maximum Gasteiger partial charge on any atom is 0.335 e. The van der Waals surface area contributed by atoms with Gasteiger partial charge in [-0.15, -0.1) is 0 Å². The monoisotopic (exact) mass is 452 g/mol. The molecule has 0 saturated heterocycles. The van der Waals surface area contributed by atoms with Crippen molar-refractivity contribution in [2.75, 3.05) is 10.0 Å². The van der Waals surface area contributed by atoms with Crippen molar-refractivity contribution in [2.45, 2.75) is 31.2 Å². The average molecular weight is 453 g/mol. The first-order chi connectivity index (χ1) is 15.0. The Morgan fingerprint density at radius 3 is 2.41 bits per heavy atom. The topological polar surface area (TPSA) is 78.4 Å². The van der Waals surface area contributed by atoms with Crippen LogP contribution in [0.3, 0.4) is 0 Å². The lowest BCUT2D eigenvalue weighted by molar-refractivity contribution is 0.0696. The van der Waals surface area contributed by atoms with Gasteiger partial charge in [0.2, 0.25) is 0 Å². The van der Waals surface area contributed by atoms with Crippen molar-refractivity contribution < 1.29 is 18.5 Å². The molecule has 3 aromatic rings. The predicted octanol–water partition coefficient (Wildman–Crippen LogP) is 5.36. The van der Waals surface area contributed by atoms with Crippen molar-refractivity contribution in [2.24, 2.45) is 5.41 Å². The number of carboxylic acids is 1. The molecule has 0 spiro atoms. The Labute approximate surface area is 187 Å². The Morgan fingerprint density at radius 1 is 1.12 bits per heavy atom. The summed E-state index contributed by atoms with van der Waals surface area (Å²) in [4.78, 5) is 11.7. The van der Waals surface area contributed by atoms with Crippen molar-refractivity contribution in [3.8, 4) is 0 Å². The van der Waals surface area contributed by atoms with E-state index in [4.69, 9.17) is 0 Å². The maximum absolute atomic E-state index is 13.2. The molecular formula is C25H25FN2O3S. The zero-order valence-electron chi connectivity index (χ0n) is 17.9. The van der Waals surface area contributed by atoms with Crippen LogP contribution in [0, 0.1) is 11.2 Å². The number of anilines is 2. The molecule has 1 aliphatic heterocycles. The number of aromatic carboxylic acids is 1. The lowest BCUT2D eigenvalue weighted by Gasteiger charge is -2.41. The first kappa shape index (κ1) is 21.9. The normalized spacial score (nSPS) is 18.7. The van der Waals surface area contributed by atoms with Gasteiger partial charge in [-0.05, 0) is 83.4 Å². The third-order valence-corrected chi connectivity index (χ3v) is 7.40. The Morgan fingerprint density at radius 2 is 1.78 bits per heavy atom. The van der Waals surface area contributed by atoms with Crippen molar-refractivity contribution in [1.82, 2.24) is 0 Å².